The van der Waals surface area contributed by atoms with Crippen molar-refractivity contribution in [2.75, 3.05) is 0 Å². The number of benzene rings is 1. The molecule has 0 saturated carbocycles. The Morgan fingerprint density at radius 3 is 2.63 bits per heavy atom. The van der Waals surface area contributed by atoms with Gasteiger partial charge in [0.05, 0.1) is 6.10 Å². The SMILES string of the molecule is CCc1ccc(CC(O)c2ccc(Cl)c(C)c2)nc1. The van der Waals surface area contributed by atoms with E-state index >= 15 is 0 Å². The first-order valence-corrected chi connectivity index (χ1v) is 6.86. The normalized spacial score (nSPS) is 12.4. The van der Waals surface area contributed by atoms with Crippen molar-refractivity contribution in [3.63, 3.8) is 0 Å². The van der Waals surface area contributed by atoms with Gasteiger partial charge in [-0.25, -0.2) is 0 Å². The predicted molar refractivity (Wildman–Crippen MR) is 78.5 cm³/mol. The van der Waals surface area contributed by atoms with E-state index in [-0.39, 0.29) is 0 Å². The molecule has 100 valence electrons. The van der Waals surface area contributed by atoms with E-state index in [1.807, 2.05) is 37.4 Å². The van der Waals surface area contributed by atoms with Crippen molar-refractivity contribution >= 4 is 11.6 Å². The van der Waals surface area contributed by atoms with E-state index in [2.05, 4.69) is 18.0 Å². The Bertz CT molecular complexity index is 551. The molecule has 2 nitrogen and oxygen atoms in total. The van der Waals surface area contributed by atoms with Crippen LogP contribution in [0.1, 0.15) is 35.4 Å². The number of pyridine rings is 1. The van der Waals surface area contributed by atoms with Crippen LogP contribution in [0.25, 0.3) is 0 Å². The van der Waals surface area contributed by atoms with Gasteiger partial charge in [0.15, 0.2) is 0 Å². The van der Waals surface area contributed by atoms with E-state index in [4.69, 9.17) is 11.6 Å². The molecule has 0 saturated heterocycles. The Kier molecular flexibility index (Phi) is 4.56. The quantitative estimate of drug-likeness (QED) is 0.918. The minimum Gasteiger partial charge on any atom is -0.388 e. The predicted octanol–water partition coefficient (Wildman–Crippen LogP) is 3.88. The molecule has 1 atom stereocenters. The lowest BCUT2D eigenvalue weighted by Gasteiger charge is -2.12. The van der Waals surface area contributed by atoms with Crippen molar-refractivity contribution in [2.24, 2.45) is 0 Å². The molecule has 0 spiro atoms. The zero-order valence-electron chi connectivity index (χ0n) is 11.2. The number of rotatable bonds is 4. The average molecular weight is 276 g/mol. The van der Waals surface area contributed by atoms with Crippen molar-refractivity contribution in [1.29, 1.82) is 0 Å². The first-order chi connectivity index (χ1) is 9.10. The maximum absolute atomic E-state index is 10.2. The fraction of sp³-hybridized carbons (Fsp3) is 0.312. The second kappa shape index (κ2) is 6.18. The van der Waals surface area contributed by atoms with Crippen LogP contribution in [0.2, 0.25) is 5.02 Å². The molecule has 1 unspecified atom stereocenters. The van der Waals surface area contributed by atoms with E-state index in [1.165, 1.54) is 5.56 Å². The highest BCUT2D eigenvalue weighted by Gasteiger charge is 2.10. The van der Waals surface area contributed by atoms with E-state index in [0.717, 1.165) is 28.3 Å². The molecule has 2 aromatic rings. The zero-order chi connectivity index (χ0) is 13.8. The van der Waals surface area contributed by atoms with Gasteiger partial charge in [-0.1, -0.05) is 36.7 Å². The van der Waals surface area contributed by atoms with Crippen molar-refractivity contribution in [2.45, 2.75) is 32.8 Å². The molecule has 19 heavy (non-hydrogen) atoms. The number of nitrogens with zero attached hydrogens (tertiary/aromatic N) is 1. The van der Waals surface area contributed by atoms with Crippen LogP contribution in [0, 0.1) is 6.92 Å². The summed E-state index contributed by atoms with van der Waals surface area (Å²) >= 11 is 5.98. The van der Waals surface area contributed by atoms with Gasteiger partial charge in [0.1, 0.15) is 0 Å². The Balaban J connectivity index is 2.10. The minimum absolute atomic E-state index is 0.519. The molecule has 0 amide bonds. The summed E-state index contributed by atoms with van der Waals surface area (Å²) in [6.45, 7) is 4.04. The van der Waals surface area contributed by atoms with E-state index in [0.29, 0.717) is 6.42 Å². The Morgan fingerprint density at radius 2 is 2.05 bits per heavy atom. The lowest BCUT2D eigenvalue weighted by Crippen LogP contribution is -2.04. The smallest absolute Gasteiger partial charge is 0.0845 e. The maximum atomic E-state index is 10.2. The van der Waals surface area contributed by atoms with Crippen LogP contribution in [-0.2, 0) is 12.8 Å². The second-order valence-electron chi connectivity index (χ2n) is 4.74. The fourth-order valence-corrected chi connectivity index (χ4v) is 2.09. The van der Waals surface area contributed by atoms with Crippen LogP contribution in [0.3, 0.4) is 0 Å². The third kappa shape index (κ3) is 3.55. The standard InChI is InChI=1S/C16H18ClNO/c1-3-12-4-6-14(18-10-12)9-16(19)13-5-7-15(17)11(2)8-13/h4-8,10,16,19H,3,9H2,1-2H3. The zero-order valence-corrected chi connectivity index (χ0v) is 12.0. The average Bonchev–Trinajstić information content (AvgIpc) is 2.42. The lowest BCUT2D eigenvalue weighted by molar-refractivity contribution is 0.177. The fourth-order valence-electron chi connectivity index (χ4n) is 1.98. The van der Waals surface area contributed by atoms with Gasteiger partial charge in [-0.05, 0) is 42.2 Å². The molecule has 0 aliphatic rings. The molecule has 3 heteroatoms. The highest BCUT2D eigenvalue weighted by Crippen LogP contribution is 2.23. The highest BCUT2D eigenvalue weighted by atomic mass is 35.5. The summed E-state index contributed by atoms with van der Waals surface area (Å²) in [4.78, 5) is 4.37. The van der Waals surface area contributed by atoms with E-state index in [9.17, 15) is 5.11 Å². The molecule has 0 aliphatic heterocycles. The topological polar surface area (TPSA) is 33.1 Å². The van der Waals surface area contributed by atoms with Crippen molar-refractivity contribution < 1.29 is 5.11 Å². The van der Waals surface area contributed by atoms with E-state index < -0.39 is 6.10 Å². The number of hydrogen-bond acceptors (Lipinski definition) is 2. The largest absolute Gasteiger partial charge is 0.388 e. The number of aryl methyl sites for hydroxylation is 2. The van der Waals surface area contributed by atoms with Gasteiger partial charge in [-0.2, -0.15) is 0 Å². The summed E-state index contributed by atoms with van der Waals surface area (Å²) in [5.41, 5.74) is 3.97. The van der Waals surface area contributed by atoms with Crippen LogP contribution < -0.4 is 0 Å². The van der Waals surface area contributed by atoms with Gasteiger partial charge in [0, 0.05) is 23.3 Å². The minimum atomic E-state index is -0.545. The molecule has 2 rings (SSSR count). The number of halogens is 1. The van der Waals surface area contributed by atoms with Crippen LogP contribution in [-0.4, -0.2) is 10.1 Å². The Morgan fingerprint density at radius 1 is 1.26 bits per heavy atom. The summed E-state index contributed by atoms with van der Waals surface area (Å²) in [6.07, 6.45) is 2.82. The Hall–Kier alpha value is -1.38. The molecule has 0 bridgehead atoms. The summed E-state index contributed by atoms with van der Waals surface area (Å²) in [7, 11) is 0. The summed E-state index contributed by atoms with van der Waals surface area (Å²) in [6, 6.07) is 9.64. The molecular weight excluding hydrogens is 258 g/mol. The summed E-state index contributed by atoms with van der Waals surface area (Å²) < 4.78 is 0. The molecule has 1 aromatic carbocycles. The molecule has 1 aromatic heterocycles. The lowest BCUT2D eigenvalue weighted by atomic mass is 10.0. The summed E-state index contributed by atoms with van der Waals surface area (Å²) in [5, 5.41) is 11.0. The second-order valence-corrected chi connectivity index (χ2v) is 5.15. The first-order valence-electron chi connectivity index (χ1n) is 6.48. The van der Waals surface area contributed by atoms with Gasteiger partial charge in [0.25, 0.3) is 0 Å². The van der Waals surface area contributed by atoms with Crippen molar-refractivity contribution in [3.05, 3.63) is 63.9 Å². The van der Waals surface area contributed by atoms with Crippen molar-refractivity contribution in [1.82, 2.24) is 4.98 Å². The molecule has 1 heterocycles. The summed E-state index contributed by atoms with van der Waals surface area (Å²) in [5.74, 6) is 0. The molecule has 0 radical (unpaired) electrons. The highest BCUT2D eigenvalue weighted by molar-refractivity contribution is 6.31. The molecule has 0 fully saturated rings. The maximum Gasteiger partial charge on any atom is 0.0845 e. The monoisotopic (exact) mass is 275 g/mol. The first kappa shape index (κ1) is 14.0. The number of hydrogen-bond donors (Lipinski definition) is 1. The van der Waals surface area contributed by atoms with Gasteiger partial charge in [-0.3, -0.25) is 4.98 Å². The Labute approximate surface area is 119 Å². The third-order valence-corrected chi connectivity index (χ3v) is 3.69. The number of aromatic nitrogens is 1. The van der Waals surface area contributed by atoms with Crippen LogP contribution in [0.15, 0.2) is 36.5 Å². The molecular formula is C16H18ClNO. The van der Waals surface area contributed by atoms with Crippen molar-refractivity contribution in [3.8, 4) is 0 Å². The van der Waals surface area contributed by atoms with Gasteiger partial charge < -0.3 is 5.11 Å². The van der Waals surface area contributed by atoms with Crippen LogP contribution >= 0.6 is 11.6 Å². The van der Waals surface area contributed by atoms with Gasteiger partial charge >= 0.3 is 0 Å². The number of aliphatic hydroxyl groups is 1. The van der Waals surface area contributed by atoms with Crippen LogP contribution in [0.5, 0.6) is 0 Å². The molecule has 1 N–H and O–H groups in total. The molecule has 0 aliphatic carbocycles. The van der Waals surface area contributed by atoms with Gasteiger partial charge in [-0.15, -0.1) is 0 Å². The van der Waals surface area contributed by atoms with E-state index in [1.54, 1.807) is 0 Å². The van der Waals surface area contributed by atoms with Gasteiger partial charge in [0.2, 0.25) is 0 Å². The van der Waals surface area contributed by atoms with Crippen LogP contribution in [0.4, 0.5) is 0 Å². The third-order valence-electron chi connectivity index (χ3n) is 3.26. The number of aliphatic hydroxyl groups excluding tert-OH is 1.